The molecule has 0 aromatic carbocycles. The average Bonchev–Trinajstić information content (AvgIpc) is 2.75. The fourth-order valence-electron chi connectivity index (χ4n) is 3.89. The number of thioether (sulfide) groups is 2. The van der Waals surface area contributed by atoms with Crippen molar-refractivity contribution in [1.29, 1.82) is 0 Å². The van der Waals surface area contributed by atoms with Crippen LogP contribution in [0, 0.1) is 11.3 Å². The summed E-state index contributed by atoms with van der Waals surface area (Å²) in [6, 6.07) is 0. The standard InChI is InChI=1S/C14H23NO2S2/c1-3-11-8-18-14(17,19-11)13-6-4-5-10(12(13)16)7-15(2)9-13/h10-11,17H,3-9H2,1-2H3. The van der Waals surface area contributed by atoms with E-state index in [1.165, 1.54) is 0 Å². The maximum atomic E-state index is 12.8. The summed E-state index contributed by atoms with van der Waals surface area (Å²) in [7, 11) is 2.09. The number of piperidine rings is 1. The number of fused-ring (bicyclic) bond motifs is 2. The number of likely N-dealkylation sites (tertiary alicyclic amines) is 1. The Morgan fingerprint density at radius 2 is 2.32 bits per heavy atom. The molecule has 2 aliphatic heterocycles. The van der Waals surface area contributed by atoms with Gasteiger partial charge in [0.05, 0.1) is 5.41 Å². The van der Waals surface area contributed by atoms with E-state index in [0.29, 0.717) is 11.0 Å². The van der Waals surface area contributed by atoms with Crippen molar-refractivity contribution in [3.8, 4) is 0 Å². The topological polar surface area (TPSA) is 40.5 Å². The first-order valence-electron chi connectivity index (χ1n) is 7.28. The Morgan fingerprint density at radius 3 is 3.00 bits per heavy atom. The van der Waals surface area contributed by atoms with Gasteiger partial charge in [0.1, 0.15) is 5.78 Å². The summed E-state index contributed by atoms with van der Waals surface area (Å²) in [5, 5.41) is 11.7. The van der Waals surface area contributed by atoms with Gasteiger partial charge in [-0.2, -0.15) is 0 Å². The van der Waals surface area contributed by atoms with Gasteiger partial charge < -0.3 is 10.0 Å². The van der Waals surface area contributed by atoms with Gasteiger partial charge in [-0.1, -0.05) is 13.3 Å². The molecule has 1 N–H and O–H groups in total. The minimum atomic E-state index is -0.891. The molecule has 0 radical (unpaired) electrons. The first-order chi connectivity index (χ1) is 9.01. The smallest absolute Gasteiger partial charge is 0.171 e. The largest absolute Gasteiger partial charge is 0.369 e. The normalized spacial score (nSPS) is 47.6. The number of carbonyl (C=O) groups excluding carboxylic acids is 1. The highest BCUT2D eigenvalue weighted by molar-refractivity contribution is 8.21. The summed E-state index contributed by atoms with van der Waals surface area (Å²) in [5.74, 6) is 1.47. The molecule has 3 aliphatic rings. The highest BCUT2D eigenvalue weighted by atomic mass is 32.2. The third kappa shape index (κ3) is 2.08. The van der Waals surface area contributed by atoms with Crippen LogP contribution in [0.5, 0.6) is 0 Å². The Kier molecular flexibility index (Phi) is 3.70. The zero-order chi connectivity index (χ0) is 13.7. The van der Waals surface area contributed by atoms with E-state index in [0.717, 1.165) is 44.5 Å². The molecule has 1 saturated carbocycles. The molecule has 3 fully saturated rings. The second kappa shape index (κ2) is 4.93. The number of aliphatic hydroxyl groups is 1. The van der Waals surface area contributed by atoms with E-state index in [1.807, 2.05) is 0 Å². The molecule has 0 aromatic rings. The Bertz CT molecular complexity index is 392. The van der Waals surface area contributed by atoms with Gasteiger partial charge in [-0.3, -0.25) is 4.79 Å². The number of hydrogen-bond donors (Lipinski definition) is 1. The van der Waals surface area contributed by atoms with Crippen LogP contribution in [0.4, 0.5) is 0 Å². The van der Waals surface area contributed by atoms with Crippen molar-refractivity contribution in [2.45, 2.75) is 42.1 Å². The van der Waals surface area contributed by atoms with Crippen LogP contribution in [0.2, 0.25) is 0 Å². The quantitative estimate of drug-likeness (QED) is 0.847. The molecule has 0 amide bonds. The number of carbonyl (C=O) groups is 1. The predicted octanol–water partition coefficient (Wildman–Crippen LogP) is 2.19. The Labute approximate surface area is 123 Å². The lowest BCUT2D eigenvalue weighted by Gasteiger charge is -2.52. The van der Waals surface area contributed by atoms with E-state index < -0.39 is 9.68 Å². The second-order valence-corrected chi connectivity index (χ2v) is 9.24. The van der Waals surface area contributed by atoms with E-state index >= 15 is 0 Å². The van der Waals surface area contributed by atoms with Crippen LogP contribution in [-0.2, 0) is 4.79 Å². The number of hydrogen-bond acceptors (Lipinski definition) is 5. The number of nitrogens with zero attached hydrogens (tertiary/aromatic N) is 1. The molecule has 1 aliphatic carbocycles. The highest BCUT2D eigenvalue weighted by Crippen LogP contribution is 2.61. The zero-order valence-corrected chi connectivity index (χ0v) is 13.4. The summed E-state index contributed by atoms with van der Waals surface area (Å²) in [4.78, 5) is 15.1. The van der Waals surface area contributed by atoms with Crippen molar-refractivity contribution < 1.29 is 9.90 Å². The van der Waals surface area contributed by atoms with Crippen molar-refractivity contribution in [3.63, 3.8) is 0 Å². The highest BCUT2D eigenvalue weighted by Gasteiger charge is 2.63. The summed E-state index contributed by atoms with van der Waals surface area (Å²) in [6.07, 6.45) is 4.03. The molecule has 4 unspecified atom stereocenters. The molecule has 3 nitrogen and oxygen atoms in total. The van der Waals surface area contributed by atoms with Crippen LogP contribution in [-0.4, -0.2) is 51.2 Å². The second-order valence-electron chi connectivity index (χ2n) is 6.27. The van der Waals surface area contributed by atoms with E-state index in [9.17, 15) is 9.90 Å². The first-order valence-corrected chi connectivity index (χ1v) is 9.14. The summed E-state index contributed by atoms with van der Waals surface area (Å²) in [6.45, 7) is 3.78. The molecule has 4 atom stereocenters. The number of rotatable bonds is 2. The minimum Gasteiger partial charge on any atom is -0.369 e. The molecular weight excluding hydrogens is 278 g/mol. The van der Waals surface area contributed by atoms with Gasteiger partial charge in [-0.15, -0.1) is 23.5 Å². The van der Waals surface area contributed by atoms with Crippen molar-refractivity contribution in [2.24, 2.45) is 11.3 Å². The van der Waals surface area contributed by atoms with Crippen molar-refractivity contribution in [1.82, 2.24) is 4.90 Å². The van der Waals surface area contributed by atoms with Gasteiger partial charge in [0.25, 0.3) is 0 Å². The van der Waals surface area contributed by atoms with Crippen LogP contribution in [0.3, 0.4) is 0 Å². The molecular formula is C14H23NO2S2. The van der Waals surface area contributed by atoms with Crippen molar-refractivity contribution in [3.05, 3.63) is 0 Å². The summed E-state index contributed by atoms with van der Waals surface area (Å²) >= 11 is 3.28. The van der Waals surface area contributed by atoms with Crippen molar-refractivity contribution >= 4 is 29.3 Å². The van der Waals surface area contributed by atoms with E-state index in [2.05, 4.69) is 18.9 Å². The Balaban J connectivity index is 1.93. The number of ketones is 1. The molecule has 108 valence electrons. The van der Waals surface area contributed by atoms with E-state index in [1.54, 1.807) is 23.5 Å². The first kappa shape index (κ1) is 14.2. The van der Waals surface area contributed by atoms with Gasteiger partial charge >= 0.3 is 0 Å². The lowest BCUT2D eigenvalue weighted by molar-refractivity contribution is -0.150. The number of Topliss-reactive ketones (excluding diaryl/α,β-unsaturated/α-hetero) is 1. The molecule has 2 saturated heterocycles. The molecule has 19 heavy (non-hydrogen) atoms. The van der Waals surface area contributed by atoms with Crippen LogP contribution < -0.4 is 0 Å². The van der Waals surface area contributed by atoms with Crippen LogP contribution in [0.25, 0.3) is 0 Å². The van der Waals surface area contributed by atoms with Crippen LogP contribution >= 0.6 is 23.5 Å². The molecule has 0 aromatic heterocycles. The maximum absolute atomic E-state index is 12.8. The fraction of sp³-hybridized carbons (Fsp3) is 0.929. The van der Waals surface area contributed by atoms with Gasteiger partial charge in [0, 0.05) is 30.0 Å². The molecule has 3 rings (SSSR count). The third-order valence-electron chi connectivity index (χ3n) is 4.92. The van der Waals surface area contributed by atoms with E-state index in [4.69, 9.17) is 0 Å². The average molecular weight is 301 g/mol. The van der Waals surface area contributed by atoms with Gasteiger partial charge in [0.2, 0.25) is 0 Å². The van der Waals surface area contributed by atoms with Crippen LogP contribution in [0.1, 0.15) is 32.6 Å². The lowest BCUT2D eigenvalue weighted by Crippen LogP contribution is -2.63. The molecule has 2 bridgehead atoms. The van der Waals surface area contributed by atoms with Gasteiger partial charge in [0.15, 0.2) is 4.27 Å². The summed E-state index contributed by atoms with van der Waals surface area (Å²) in [5.41, 5.74) is -0.526. The summed E-state index contributed by atoms with van der Waals surface area (Å²) < 4.78 is -0.891. The molecule has 0 spiro atoms. The Morgan fingerprint density at radius 1 is 1.53 bits per heavy atom. The lowest BCUT2D eigenvalue weighted by atomic mass is 9.65. The van der Waals surface area contributed by atoms with Gasteiger partial charge in [-0.05, 0) is 26.3 Å². The Hall–Kier alpha value is 0.290. The van der Waals surface area contributed by atoms with Gasteiger partial charge in [-0.25, -0.2) is 0 Å². The van der Waals surface area contributed by atoms with Crippen LogP contribution in [0.15, 0.2) is 0 Å². The molecule has 2 heterocycles. The predicted molar refractivity (Wildman–Crippen MR) is 81.4 cm³/mol. The monoisotopic (exact) mass is 301 g/mol. The maximum Gasteiger partial charge on any atom is 0.171 e. The minimum absolute atomic E-state index is 0.151. The fourth-order valence-corrected chi connectivity index (χ4v) is 7.56. The SMILES string of the molecule is CCC1CSC(O)(C23CCCC(CN(C)C2)C3=O)S1. The van der Waals surface area contributed by atoms with Crippen molar-refractivity contribution in [2.75, 3.05) is 25.9 Å². The third-order valence-corrected chi connectivity index (χ3v) is 8.67. The van der Waals surface area contributed by atoms with E-state index in [-0.39, 0.29) is 5.92 Å². The zero-order valence-electron chi connectivity index (χ0n) is 11.7. The molecule has 5 heteroatoms.